The molecule has 0 aromatic heterocycles. The number of methoxy groups -OCH3 is 1. The van der Waals surface area contributed by atoms with Crippen molar-refractivity contribution in [3.05, 3.63) is 35.9 Å². The van der Waals surface area contributed by atoms with Crippen LogP contribution < -0.4 is 0 Å². The van der Waals surface area contributed by atoms with E-state index in [2.05, 4.69) is 0 Å². The standard InChI is InChI=1S/C15H21NO4/c1-19-12-15(18)8-5-9-16(11-15)14(17)20-10-13-6-3-2-4-7-13/h2-4,6-7,18H,5,8-12H2,1H3. The first-order chi connectivity index (χ1) is 9.63. The number of piperidine rings is 1. The van der Waals surface area contributed by atoms with Crippen LogP contribution in [0.3, 0.4) is 0 Å². The van der Waals surface area contributed by atoms with Crippen LogP contribution in [0.25, 0.3) is 0 Å². The van der Waals surface area contributed by atoms with E-state index in [9.17, 15) is 9.90 Å². The van der Waals surface area contributed by atoms with Gasteiger partial charge in [0.25, 0.3) is 0 Å². The van der Waals surface area contributed by atoms with Crippen molar-refractivity contribution in [3.8, 4) is 0 Å². The molecule has 0 saturated carbocycles. The van der Waals surface area contributed by atoms with E-state index in [-0.39, 0.29) is 25.9 Å². The van der Waals surface area contributed by atoms with Crippen LogP contribution in [0.15, 0.2) is 30.3 Å². The fourth-order valence-corrected chi connectivity index (χ4v) is 2.47. The van der Waals surface area contributed by atoms with E-state index in [1.165, 1.54) is 0 Å². The van der Waals surface area contributed by atoms with E-state index >= 15 is 0 Å². The molecule has 0 spiro atoms. The fourth-order valence-electron chi connectivity index (χ4n) is 2.47. The maximum atomic E-state index is 12.0. The summed E-state index contributed by atoms with van der Waals surface area (Å²) < 4.78 is 10.3. The van der Waals surface area contributed by atoms with Gasteiger partial charge in [-0.15, -0.1) is 0 Å². The molecule has 1 aromatic carbocycles. The third kappa shape index (κ3) is 3.95. The number of hydrogen-bond acceptors (Lipinski definition) is 4. The molecule has 1 aromatic rings. The van der Waals surface area contributed by atoms with Gasteiger partial charge in [0.2, 0.25) is 0 Å². The molecule has 1 unspecified atom stereocenters. The zero-order chi connectivity index (χ0) is 14.4. The maximum absolute atomic E-state index is 12.0. The van der Waals surface area contributed by atoms with Crippen molar-refractivity contribution >= 4 is 6.09 Å². The van der Waals surface area contributed by atoms with E-state index in [1.807, 2.05) is 30.3 Å². The summed E-state index contributed by atoms with van der Waals surface area (Å²) in [5.74, 6) is 0. The zero-order valence-corrected chi connectivity index (χ0v) is 11.7. The van der Waals surface area contributed by atoms with Crippen LogP contribution in [0, 0.1) is 0 Å². The SMILES string of the molecule is COCC1(O)CCCN(C(=O)OCc2ccccc2)C1. The lowest BCUT2D eigenvalue weighted by atomic mass is 9.94. The van der Waals surface area contributed by atoms with Crippen molar-refractivity contribution in [2.45, 2.75) is 25.0 Å². The van der Waals surface area contributed by atoms with Gasteiger partial charge in [-0.3, -0.25) is 0 Å². The Morgan fingerprint density at radius 1 is 1.40 bits per heavy atom. The molecule has 110 valence electrons. The van der Waals surface area contributed by atoms with Crippen molar-refractivity contribution in [2.24, 2.45) is 0 Å². The average Bonchev–Trinajstić information content (AvgIpc) is 2.46. The Kier molecular flexibility index (Phi) is 4.98. The molecule has 1 heterocycles. The minimum absolute atomic E-state index is 0.232. The monoisotopic (exact) mass is 279 g/mol. The lowest BCUT2D eigenvalue weighted by Gasteiger charge is -2.38. The highest BCUT2D eigenvalue weighted by atomic mass is 16.6. The Morgan fingerprint density at radius 3 is 2.85 bits per heavy atom. The number of carbonyl (C=O) groups is 1. The Morgan fingerprint density at radius 2 is 2.15 bits per heavy atom. The molecule has 20 heavy (non-hydrogen) atoms. The number of rotatable bonds is 4. The highest BCUT2D eigenvalue weighted by molar-refractivity contribution is 5.67. The summed E-state index contributed by atoms with van der Waals surface area (Å²) in [4.78, 5) is 13.6. The van der Waals surface area contributed by atoms with Gasteiger partial charge in [0.05, 0.1) is 13.2 Å². The van der Waals surface area contributed by atoms with Crippen molar-refractivity contribution in [2.75, 3.05) is 26.8 Å². The van der Waals surface area contributed by atoms with Crippen LogP contribution in [0.4, 0.5) is 4.79 Å². The number of amides is 1. The summed E-state index contributed by atoms with van der Waals surface area (Å²) in [7, 11) is 1.55. The smallest absolute Gasteiger partial charge is 0.410 e. The molecule has 2 rings (SSSR count). The third-order valence-electron chi connectivity index (χ3n) is 3.43. The Balaban J connectivity index is 1.86. The van der Waals surface area contributed by atoms with Gasteiger partial charge in [-0.05, 0) is 18.4 Å². The van der Waals surface area contributed by atoms with Gasteiger partial charge in [0.15, 0.2) is 0 Å². The van der Waals surface area contributed by atoms with E-state index in [1.54, 1.807) is 12.0 Å². The molecule has 1 N–H and O–H groups in total. The Bertz CT molecular complexity index is 433. The molecule has 1 saturated heterocycles. The quantitative estimate of drug-likeness (QED) is 0.913. The first-order valence-corrected chi connectivity index (χ1v) is 6.80. The highest BCUT2D eigenvalue weighted by Crippen LogP contribution is 2.22. The molecular weight excluding hydrogens is 258 g/mol. The predicted octanol–water partition coefficient (Wildman–Crippen LogP) is 1.80. The van der Waals surface area contributed by atoms with Gasteiger partial charge < -0.3 is 19.5 Å². The van der Waals surface area contributed by atoms with Crippen LogP contribution in [0.1, 0.15) is 18.4 Å². The summed E-state index contributed by atoms with van der Waals surface area (Å²) >= 11 is 0. The number of aliphatic hydroxyl groups is 1. The lowest BCUT2D eigenvalue weighted by Crippen LogP contribution is -2.52. The predicted molar refractivity (Wildman–Crippen MR) is 74.3 cm³/mol. The molecule has 0 radical (unpaired) electrons. The van der Waals surface area contributed by atoms with Gasteiger partial charge in [0, 0.05) is 13.7 Å². The second kappa shape index (κ2) is 6.72. The molecule has 1 aliphatic heterocycles. The van der Waals surface area contributed by atoms with Crippen LogP contribution in [0.5, 0.6) is 0 Å². The normalized spacial score (nSPS) is 22.6. The topological polar surface area (TPSA) is 59.0 Å². The number of nitrogens with zero attached hydrogens (tertiary/aromatic N) is 1. The highest BCUT2D eigenvalue weighted by Gasteiger charge is 2.35. The fraction of sp³-hybridized carbons (Fsp3) is 0.533. The van der Waals surface area contributed by atoms with Crippen LogP contribution in [0.2, 0.25) is 0 Å². The molecule has 1 fully saturated rings. The van der Waals surface area contributed by atoms with Crippen LogP contribution in [-0.2, 0) is 16.1 Å². The minimum Gasteiger partial charge on any atom is -0.445 e. The number of benzene rings is 1. The van der Waals surface area contributed by atoms with Crippen LogP contribution >= 0.6 is 0 Å². The molecule has 1 atom stereocenters. The summed E-state index contributed by atoms with van der Waals surface area (Å²) in [6.07, 6.45) is 1.01. The van der Waals surface area contributed by atoms with E-state index in [4.69, 9.17) is 9.47 Å². The molecule has 1 aliphatic rings. The van der Waals surface area contributed by atoms with Crippen molar-refractivity contribution in [1.29, 1.82) is 0 Å². The van der Waals surface area contributed by atoms with Gasteiger partial charge in [0.1, 0.15) is 12.2 Å². The largest absolute Gasteiger partial charge is 0.445 e. The van der Waals surface area contributed by atoms with Crippen molar-refractivity contribution < 1.29 is 19.4 Å². The zero-order valence-electron chi connectivity index (χ0n) is 11.7. The second-order valence-electron chi connectivity index (χ2n) is 5.22. The van der Waals surface area contributed by atoms with Crippen molar-refractivity contribution in [3.63, 3.8) is 0 Å². The Hall–Kier alpha value is -1.59. The summed E-state index contributed by atoms with van der Waals surface area (Å²) in [6, 6.07) is 9.54. The number of ether oxygens (including phenoxy) is 2. The van der Waals surface area contributed by atoms with Gasteiger partial charge in [-0.1, -0.05) is 30.3 Å². The lowest BCUT2D eigenvalue weighted by molar-refractivity contribution is -0.0746. The van der Waals surface area contributed by atoms with E-state index in [0.29, 0.717) is 13.0 Å². The van der Waals surface area contributed by atoms with Gasteiger partial charge in [-0.2, -0.15) is 0 Å². The van der Waals surface area contributed by atoms with E-state index < -0.39 is 5.60 Å². The van der Waals surface area contributed by atoms with Gasteiger partial charge in [-0.25, -0.2) is 4.79 Å². The number of carbonyl (C=O) groups excluding carboxylic acids is 1. The summed E-state index contributed by atoms with van der Waals surface area (Å²) in [5.41, 5.74) is -0.0105. The Labute approximate surface area is 119 Å². The van der Waals surface area contributed by atoms with Gasteiger partial charge >= 0.3 is 6.09 Å². The summed E-state index contributed by atoms with van der Waals surface area (Å²) in [5, 5.41) is 10.3. The molecule has 5 nitrogen and oxygen atoms in total. The number of β-amino-alcohol motifs (C(OH)–C–C–N with tert-alkyl or cyclic N) is 1. The second-order valence-corrected chi connectivity index (χ2v) is 5.22. The summed E-state index contributed by atoms with van der Waals surface area (Å²) in [6.45, 7) is 1.35. The first-order valence-electron chi connectivity index (χ1n) is 6.80. The van der Waals surface area contributed by atoms with Crippen molar-refractivity contribution in [1.82, 2.24) is 4.90 Å². The van der Waals surface area contributed by atoms with E-state index in [0.717, 1.165) is 12.0 Å². The number of hydrogen-bond donors (Lipinski definition) is 1. The average molecular weight is 279 g/mol. The molecule has 0 aliphatic carbocycles. The first kappa shape index (κ1) is 14.8. The molecule has 0 bridgehead atoms. The molecular formula is C15H21NO4. The minimum atomic E-state index is -0.960. The maximum Gasteiger partial charge on any atom is 0.410 e. The molecule has 1 amide bonds. The third-order valence-corrected chi connectivity index (χ3v) is 3.43. The number of likely N-dealkylation sites (tertiary alicyclic amines) is 1. The molecule has 5 heteroatoms. The van der Waals surface area contributed by atoms with Crippen LogP contribution in [-0.4, -0.2) is 48.5 Å².